The van der Waals surface area contributed by atoms with Crippen molar-refractivity contribution in [2.24, 2.45) is 5.41 Å². The summed E-state index contributed by atoms with van der Waals surface area (Å²) >= 11 is 0. The fourth-order valence-corrected chi connectivity index (χ4v) is 2.75. The maximum absolute atomic E-state index is 12.6. The molecule has 0 aliphatic carbocycles. The molecule has 3 nitrogen and oxygen atoms in total. The highest BCUT2D eigenvalue weighted by molar-refractivity contribution is 5.99. The zero-order valence-electron chi connectivity index (χ0n) is 12.2. The molecule has 3 heteroatoms. The molecule has 21 heavy (non-hydrogen) atoms. The van der Waals surface area contributed by atoms with E-state index in [4.69, 9.17) is 0 Å². The normalized spacial score (nSPS) is 21.2. The molecule has 0 saturated carbocycles. The van der Waals surface area contributed by atoms with Gasteiger partial charge in [-0.1, -0.05) is 48.5 Å². The number of anilines is 1. The van der Waals surface area contributed by atoms with Crippen molar-refractivity contribution in [3.63, 3.8) is 0 Å². The van der Waals surface area contributed by atoms with E-state index >= 15 is 0 Å². The average Bonchev–Trinajstić information content (AvgIpc) is 2.97. The maximum atomic E-state index is 12.6. The molecule has 2 N–H and O–H groups in total. The van der Waals surface area contributed by atoms with Crippen molar-refractivity contribution in [2.45, 2.75) is 13.3 Å². The molecule has 1 aliphatic heterocycles. The number of para-hydroxylation sites is 1. The maximum Gasteiger partial charge on any atom is 0.231 e. The van der Waals surface area contributed by atoms with Crippen molar-refractivity contribution in [3.8, 4) is 11.1 Å². The van der Waals surface area contributed by atoms with Gasteiger partial charge in [-0.05, 0) is 31.5 Å². The van der Waals surface area contributed by atoms with E-state index in [1.54, 1.807) is 0 Å². The van der Waals surface area contributed by atoms with Gasteiger partial charge in [0.2, 0.25) is 5.91 Å². The first-order chi connectivity index (χ1) is 10.2. The van der Waals surface area contributed by atoms with Crippen LogP contribution in [0.15, 0.2) is 54.6 Å². The van der Waals surface area contributed by atoms with Gasteiger partial charge in [0.25, 0.3) is 0 Å². The van der Waals surface area contributed by atoms with Crippen molar-refractivity contribution < 1.29 is 4.79 Å². The minimum absolute atomic E-state index is 0.0934. The fourth-order valence-electron chi connectivity index (χ4n) is 2.75. The molecule has 0 spiro atoms. The molecule has 0 bridgehead atoms. The minimum atomic E-state index is -0.316. The molecule has 3 rings (SSSR count). The van der Waals surface area contributed by atoms with Gasteiger partial charge in [0.1, 0.15) is 0 Å². The van der Waals surface area contributed by atoms with Crippen molar-refractivity contribution in [3.05, 3.63) is 54.6 Å². The van der Waals surface area contributed by atoms with E-state index < -0.39 is 0 Å². The lowest BCUT2D eigenvalue weighted by molar-refractivity contribution is -0.123. The quantitative estimate of drug-likeness (QED) is 0.906. The topological polar surface area (TPSA) is 41.1 Å². The molecular weight excluding hydrogens is 260 g/mol. The van der Waals surface area contributed by atoms with E-state index in [1.807, 2.05) is 49.4 Å². The Morgan fingerprint density at radius 2 is 1.81 bits per heavy atom. The lowest BCUT2D eigenvalue weighted by Crippen LogP contribution is -2.35. The molecule has 2 aromatic carbocycles. The zero-order chi connectivity index (χ0) is 14.7. The highest BCUT2D eigenvalue weighted by Gasteiger charge is 2.36. The number of benzene rings is 2. The molecule has 1 unspecified atom stereocenters. The molecule has 0 aromatic heterocycles. The molecule has 2 aromatic rings. The second-order valence-corrected chi connectivity index (χ2v) is 5.85. The van der Waals surface area contributed by atoms with E-state index in [2.05, 4.69) is 22.8 Å². The Kier molecular flexibility index (Phi) is 3.76. The summed E-state index contributed by atoms with van der Waals surface area (Å²) in [5.41, 5.74) is 2.73. The third kappa shape index (κ3) is 2.83. The third-order valence-electron chi connectivity index (χ3n) is 4.18. The van der Waals surface area contributed by atoms with Crippen molar-refractivity contribution in [2.75, 3.05) is 18.4 Å². The van der Waals surface area contributed by atoms with Gasteiger partial charge in [-0.15, -0.1) is 0 Å². The highest BCUT2D eigenvalue weighted by Crippen LogP contribution is 2.31. The van der Waals surface area contributed by atoms with Crippen LogP contribution in [-0.4, -0.2) is 19.0 Å². The molecular formula is C18H20N2O. The first-order valence-electron chi connectivity index (χ1n) is 7.36. The Bertz CT molecular complexity index is 631. The summed E-state index contributed by atoms with van der Waals surface area (Å²) in [6.45, 7) is 3.67. The Labute approximate surface area is 125 Å². The van der Waals surface area contributed by atoms with Crippen molar-refractivity contribution in [1.82, 2.24) is 5.32 Å². The van der Waals surface area contributed by atoms with Gasteiger partial charge < -0.3 is 10.6 Å². The van der Waals surface area contributed by atoms with Gasteiger partial charge >= 0.3 is 0 Å². The molecule has 108 valence electrons. The molecule has 1 amide bonds. The van der Waals surface area contributed by atoms with Crippen LogP contribution in [0.4, 0.5) is 5.69 Å². The lowest BCUT2D eigenvalue weighted by atomic mass is 9.88. The largest absolute Gasteiger partial charge is 0.325 e. The van der Waals surface area contributed by atoms with Crippen molar-refractivity contribution >= 4 is 11.6 Å². The number of hydrogen-bond acceptors (Lipinski definition) is 2. The Hall–Kier alpha value is -2.13. The number of carbonyl (C=O) groups excluding carboxylic acids is 1. The Morgan fingerprint density at radius 1 is 1.10 bits per heavy atom. The van der Waals surface area contributed by atoms with Crippen LogP contribution >= 0.6 is 0 Å². The summed E-state index contributed by atoms with van der Waals surface area (Å²) in [5, 5.41) is 6.38. The average molecular weight is 280 g/mol. The predicted molar refractivity (Wildman–Crippen MR) is 86.1 cm³/mol. The summed E-state index contributed by atoms with van der Waals surface area (Å²) in [6, 6.07) is 18.1. The second kappa shape index (κ2) is 5.70. The molecule has 0 radical (unpaired) electrons. The summed E-state index contributed by atoms with van der Waals surface area (Å²) in [7, 11) is 0. The summed E-state index contributed by atoms with van der Waals surface area (Å²) in [6.07, 6.45) is 0.881. The number of carbonyl (C=O) groups is 1. The monoisotopic (exact) mass is 280 g/mol. The predicted octanol–water partition coefficient (Wildman–Crippen LogP) is 3.29. The van der Waals surface area contributed by atoms with Crippen LogP contribution in [0.2, 0.25) is 0 Å². The number of hydrogen-bond donors (Lipinski definition) is 2. The van der Waals surface area contributed by atoms with Crippen LogP contribution in [0.3, 0.4) is 0 Å². The summed E-state index contributed by atoms with van der Waals surface area (Å²) < 4.78 is 0. The first-order valence-corrected chi connectivity index (χ1v) is 7.36. The van der Waals surface area contributed by atoms with Crippen LogP contribution in [0, 0.1) is 5.41 Å². The van der Waals surface area contributed by atoms with Crippen LogP contribution in [0.25, 0.3) is 11.1 Å². The Balaban J connectivity index is 1.88. The Morgan fingerprint density at radius 3 is 2.52 bits per heavy atom. The second-order valence-electron chi connectivity index (χ2n) is 5.85. The molecule has 1 atom stereocenters. The van der Waals surface area contributed by atoms with Crippen LogP contribution < -0.4 is 10.6 Å². The zero-order valence-corrected chi connectivity index (χ0v) is 12.2. The van der Waals surface area contributed by atoms with E-state index in [0.717, 1.165) is 36.3 Å². The number of rotatable bonds is 3. The minimum Gasteiger partial charge on any atom is -0.325 e. The van der Waals surface area contributed by atoms with Gasteiger partial charge in [0, 0.05) is 17.8 Å². The van der Waals surface area contributed by atoms with Crippen LogP contribution in [0.5, 0.6) is 0 Å². The lowest BCUT2D eigenvalue weighted by Gasteiger charge is -2.22. The van der Waals surface area contributed by atoms with Crippen molar-refractivity contribution in [1.29, 1.82) is 0 Å². The van der Waals surface area contributed by atoms with E-state index in [-0.39, 0.29) is 11.3 Å². The van der Waals surface area contributed by atoms with Gasteiger partial charge in [0.15, 0.2) is 0 Å². The van der Waals surface area contributed by atoms with Gasteiger partial charge in [-0.2, -0.15) is 0 Å². The SMILES string of the molecule is CC1(C(=O)Nc2ccccc2-c2ccccc2)CCNC1. The summed E-state index contributed by atoms with van der Waals surface area (Å²) in [4.78, 5) is 12.6. The molecule has 1 aliphatic rings. The van der Waals surface area contributed by atoms with Gasteiger partial charge in [-0.3, -0.25) is 4.79 Å². The number of amides is 1. The van der Waals surface area contributed by atoms with E-state index in [1.165, 1.54) is 0 Å². The van der Waals surface area contributed by atoms with Gasteiger partial charge in [-0.25, -0.2) is 0 Å². The molecule has 1 heterocycles. The smallest absolute Gasteiger partial charge is 0.231 e. The third-order valence-corrected chi connectivity index (χ3v) is 4.18. The van der Waals surface area contributed by atoms with Gasteiger partial charge in [0.05, 0.1) is 5.41 Å². The highest BCUT2D eigenvalue weighted by atomic mass is 16.2. The number of nitrogens with one attached hydrogen (secondary N) is 2. The van der Waals surface area contributed by atoms with Crippen LogP contribution in [0.1, 0.15) is 13.3 Å². The van der Waals surface area contributed by atoms with Crippen LogP contribution in [-0.2, 0) is 4.79 Å². The standard InChI is InChI=1S/C18H20N2O/c1-18(11-12-19-13-18)17(21)20-16-10-6-5-9-15(16)14-7-3-2-4-8-14/h2-10,19H,11-13H2,1H3,(H,20,21). The molecule has 1 saturated heterocycles. The first kappa shape index (κ1) is 13.8. The fraction of sp³-hybridized carbons (Fsp3) is 0.278. The van der Waals surface area contributed by atoms with E-state index in [9.17, 15) is 4.79 Å². The van der Waals surface area contributed by atoms with E-state index in [0.29, 0.717) is 0 Å². The summed E-state index contributed by atoms with van der Waals surface area (Å²) in [5.74, 6) is 0.0934. The molecule has 1 fully saturated rings.